The monoisotopic (exact) mass is 392 g/mol. The Kier molecular flexibility index (Phi) is 5.82. The van der Waals surface area contributed by atoms with Crippen molar-refractivity contribution in [2.75, 3.05) is 32.2 Å². The Morgan fingerprint density at radius 2 is 1.78 bits per heavy atom. The number of ether oxygens (including phenoxy) is 3. The summed E-state index contributed by atoms with van der Waals surface area (Å²) in [5, 5.41) is 2.69. The maximum absolute atomic E-state index is 12.4. The number of nitrogens with one attached hydrogen (secondary N) is 2. The highest BCUT2D eigenvalue weighted by Gasteiger charge is 2.19. The van der Waals surface area contributed by atoms with Crippen molar-refractivity contribution in [2.24, 2.45) is 0 Å². The number of sulfonamides is 1. The summed E-state index contributed by atoms with van der Waals surface area (Å²) in [5.74, 6) is 1.28. The Morgan fingerprint density at radius 1 is 1.07 bits per heavy atom. The number of hydrogen-bond donors (Lipinski definition) is 2. The normalized spacial score (nSPS) is 13.1. The van der Waals surface area contributed by atoms with E-state index < -0.39 is 10.0 Å². The molecule has 0 unspecified atom stereocenters. The molecule has 0 saturated heterocycles. The van der Waals surface area contributed by atoms with E-state index in [1.165, 1.54) is 12.1 Å². The van der Waals surface area contributed by atoms with E-state index in [0.717, 1.165) is 0 Å². The van der Waals surface area contributed by atoms with E-state index in [-0.39, 0.29) is 23.8 Å². The van der Waals surface area contributed by atoms with Crippen molar-refractivity contribution in [3.8, 4) is 17.2 Å². The lowest BCUT2D eigenvalue weighted by Gasteiger charge is -2.18. The topological polar surface area (TPSA) is 103 Å². The first-order chi connectivity index (χ1) is 13.0. The molecule has 3 rings (SSSR count). The highest BCUT2D eigenvalue weighted by atomic mass is 32.2. The van der Waals surface area contributed by atoms with Crippen LogP contribution in [-0.4, -0.2) is 41.2 Å². The van der Waals surface area contributed by atoms with Crippen LogP contribution < -0.4 is 24.2 Å². The first-order valence-electron chi connectivity index (χ1n) is 8.31. The van der Waals surface area contributed by atoms with Crippen LogP contribution in [0.25, 0.3) is 0 Å². The fraction of sp³-hybridized carbons (Fsp3) is 0.278. The van der Waals surface area contributed by atoms with Crippen molar-refractivity contribution in [2.45, 2.75) is 11.3 Å². The summed E-state index contributed by atoms with van der Waals surface area (Å²) in [6.45, 7) is 0.773. The number of fused-ring (bicyclic) bond motifs is 1. The molecule has 8 nitrogen and oxygen atoms in total. The molecule has 27 heavy (non-hydrogen) atoms. The average Bonchev–Trinajstić information content (AvgIpc) is 2.68. The zero-order valence-electron chi connectivity index (χ0n) is 14.7. The molecule has 0 saturated carbocycles. The van der Waals surface area contributed by atoms with Crippen LogP contribution in [0.4, 0.5) is 5.69 Å². The largest absolute Gasteiger partial charge is 0.497 e. The van der Waals surface area contributed by atoms with E-state index in [0.29, 0.717) is 36.1 Å². The number of anilines is 1. The third-order valence-electron chi connectivity index (χ3n) is 3.84. The molecule has 0 atom stereocenters. The van der Waals surface area contributed by atoms with Gasteiger partial charge in [0.2, 0.25) is 15.9 Å². The second-order valence-corrected chi connectivity index (χ2v) is 7.50. The third-order valence-corrected chi connectivity index (χ3v) is 5.30. The number of carbonyl (C=O) groups excluding carboxylic acids is 1. The molecule has 0 spiro atoms. The minimum Gasteiger partial charge on any atom is -0.497 e. The van der Waals surface area contributed by atoms with Crippen LogP contribution in [0.3, 0.4) is 0 Å². The van der Waals surface area contributed by atoms with Gasteiger partial charge in [-0.15, -0.1) is 0 Å². The summed E-state index contributed by atoms with van der Waals surface area (Å²) in [5.41, 5.74) is 0.607. The number of methoxy groups -OCH3 is 1. The number of carbonyl (C=O) groups is 1. The Labute approximate surface area is 157 Å². The van der Waals surface area contributed by atoms with Crippen LogP contribution in [0, 0.1) is 0 Å². The second-order valence-electron chi connectivity index (χ2n) is 5.73. The number of amides is 1. The van der Waals surface area contributed by atoms with E-state index in [9.17, 15) is 13.2 Å². The van der Waals surface area contributed by atoms with E-state index in [4.69, 9.17) is 14.2 Å². The minimum atomic E-state index is -3.75. The number of hydrogen-bond acceptors (Lipinski definition) is 6. The molecule has 0 radical (unpaired) electrons. The van der Waals surface area contributed by atoms with Gasteiger partial charge in [0.15, 0.2) is 11.5 Å². The molecule has 1 heterocycles. The lowest BCUT2D eigenvalue weighted by atomic mass is 10.3. The second kappa shape index (κ2) is 8.28. The van der Waals surface area contributed by atoms with Crippen LogP contribution in [0.2, 0.25) is 0 Å². The standard InChI is InChI=1S/C18H20N2O6S/c1-24-14-4-2-13(3-5-14)20-18(21)8-9-19-27(22,23)15-6-7-16-17(12-15)26-11-10-25-16/h2-7,12,19H,8-11H2,1H3,(H,20,21). The molecule has 2 aromatic rings. The van der Waals surface area contributed by atoms with Crippen molar-refractivity contribution in [3.05, 3.63) is 42.5 Å². The highest BCUT2D eigenvalue weighted by molar-refractivity contribution is 7.89. The summed E-state index contributed by atoms with van der Waals surface area (Å²) in [6, 6.07) is 11.3. The van der Waals surface area contributed by atoms with Gasteiger partial charge in [-0.25, -0.2) is 13.1 Å². The van der Waals surface area contributed by atoms with Crippen molar-refractivity contribution in [1.29, 1.82) is 0 Å². The van der Waals surface area contributed by atoms with Crippen LogP contribution in [0.1, 0.15) is 6.42 Å². The molecule has 2 aromatic carbocycles. The maximum atomic E-state index is 12.4. The summed E-state index contributed by atoms with van der Waals surface area (Å²) >= 11 is 0. The Morgan fingerprint density at radius 3 is 2.48 bits per heavy atom. The van der Waals surface area contributed by atoms with Crippen molar-refractivity contribution < 1.29 is 27.4 Å². The van der Waals surface area contributed by atoms with Gasteiger partial charge in [0.1, 0.15) is 19.0 Å². The van der Waals surface area contributed by atoms with Gasteiger partial charge in [0.25, 0.3) is 0 Å². The van der Waals surface area contributed by atoms with Gasteiger partial charge in [-0.05, 0) is 36.4 Å². The van der Waals surface area contributed by atoms with Gasteiger partial charge in [0, 0.05) is 24.7 Å². The molecule has 2 N–H and O–H groups in total. The molecule has 9 heteroatoms. The van der Waals surface area contributed by atoms with Crippen molar-refractivity contribution in [3.63, 3.8) is 0 Å². The van der Waals surface area contributed by atoms with Gasteiger partial charge in [-0.1, -0.05) is 0 Å². The molecule has 1 aliphatic heterocycles. The smallest absolute Gasteiger partial charge is 0.240 e. The van der Waals surface area contributed by atoms with Gasteiger partial charge >= 0.3 is 0 Å². The van der Waals surface area contributed by atoms with E-state index in [2.05, 4.69) is 10.0 Å². The molecular weight excluding hydrogens is 372 g/mol. The quantitative estimate of drug-likeness (QED) is 0.745. The molecule has 1 aliphatic rings. The van der Waals surface area contributed by atoms with Gasteiger partial charge in [-0.3, -0.25) is 4.79 Å². The molecule has 0 fully saturated rings. The molecule has 144 valence electrons. The van der Waals surface area contributed by atoms with Gasteiger partial charge in [0.05, 0.1) is 12.0 Å². The molecule has 0 aliphatic carbocycles. The molecular formula is C18H20N2O6S. The van der Waals surface area contributed by atoms with Crippen LogP contribution in [-0.2, 0) is 14.8 Å². The maximum Gasteiger partial charge on any atom is 0.240 e. The lowest BCUT2D eigenvalue weighted by Crippen LogP contribution is -2.28. The number of benzene rings is 2. The Hall–Kier alpha value is -2.78. The Balaban J connectivity index is 1.53. The average molecular weight is 392 g/mol. The molecule has 1 amide bonds. The van der Waals surface area contributed by atoms with Crippen molar-refractivity contribution >= 4 is 21.6 Å². The van der Waals surface area contributed by atoms with E-state index >= 15 is 0 Å². The molecule has 0 aromatic heterocycles. The first-order valence-corrected chi connectivity index (χ1v) is 9.79. The predicted octanol–water partition coefficient (Wildman–Crippen LogP) is 1.77. The fourth-order valence-corrected chi connectivity index (χ4v) is 3.52. The summed E-state index contributed by atoms with van der Waals surface area (Å²) < 4.78 is 43.0. The molecule has 0 bridgehead atoms. The lowest BCUT2D eigenvalue weighted by molar-refractivity contribution is -0.116. The SMILES string of the molecule is COc1ccc(NC(=O)CCNS(=O)(=O)c2ccc3c(c2)OCCO3)cc1. The van der Waals surface area contributed by atoms with Crippen LogP contribution in [0.15, 0.2) is 47.4 Å². The Bertz CT molecular complexity index is 912. The highest BCUT2D eigenvalue weighted by Crippen LogP contribution is 2.32. The van der Waals surface area contributed by atoms with Gasteiger partial charge < -0.3 is 19.5 Å². The van der Waals surface area contributed by atoms with E-state index in [1.54, 1.807) is 37.4 Å². The summed E-state index contributed by atoms with van der Waals surface area (Å²) in [6.07, 6.45) is -0.00416. The van der Waals surface area contributed by atoms with E-state index in [1.807, 2.05) is 0 Å². The van der Waals surface area contributed by atoms with Gasteiger partial charge in [-0.2, -0.15) is 0 Å². The summed E-state index contributed by atoms with van der Waals surface area (Å²) in [7, 11) is -2.20. The fourth-order valence-electron chi connectivity index (χ4n) is 2.47. The first kappa shape index (κ1) is 19.0. The van der Waals surface area contributed by atoms with Crippen LogP contribution in [0.5, 0.6) is 17.2 Å². The zero-order valence-corrected chi connectivity index (χ0v) is 15.5. The zero-order chi connectivity index (χ0) is 19.3. The number of rotatable bonds is 7. The predicted molar refractivity (Wildman–Crippen MR) is 98.9 cm³/mol. The van der Waals surface area contributed by atoms with Crippen molar-refractivity contribution in [1.82, 2.24) is 4.72 Å². The minimum absolute atomic E-state index is 0.00416. The third kappa shape index (κ3) is 4.89. The van der Waals surface area contributed by atoms with Crippen LogP contribution >= 0.6 is 0 Å². The summed E-state index contributed by atoms with van der Waals surface area (Å²) in [4.78, 5) is 12.0.